The zero-order valence-electron chi connectivity index (χ0n) is 8.57. The number of hydrogen-bond acceptors (Lipinski definition) is 4. The largest absolute Gasteiger partial charge is 0.480 e. The molecule has 2 amide bonds. The molecule has 0 fully saturated rings. The molecule has 0 bridgehead atoms. The molecule has 0 spiro atoms. The van der Waals surface area contributed by atoms with Crippen LogP contribution in [-0.4, -0.2) is 27.6 Å². The Balaban J connectivity index is 2.58. The van der Waals surface area contributed by atoms with Crippen molar-refractivity contribution in [3.8, 4) is 0 Å². The molecule has 0 aliphatic carbocycles. The quantitative estimate of drug-likeness (QED) is 0.795. The first-order valence-corrected chi connectivity index (χ1v) is 5.86. The van der Waals surface area contributed by atoms with Gasteiger partial charge in [0.05, 0.1) is 9.98 Å². The summed E-state index contributed by atoms with van der Waals surface area (Å²) in [6.45, 7) is 2.79. The Labute approximate surface area is 104 Å². The molecule has 0 aliphatic rings. The lowest BCUT2D eigenvalue weighted by Gasteiger charge is -2.20. The summed E-state index contributed by atoms with van der Waals surface area (Å²) < 4.78 is 0.778. The van der Waals surface area contributed by atoms with Crippen molar-refractivity contribution in [2.75, 3.05) is 5.32 Å². The highest BCUT2D eigenvalue weighted by atomic mass is 79.9. The number of rotatable bonds is 3. The predicted molar refractivity (Wildman–Crippen MR) is 63.7 cm³/mol. The van der Waals surface area contributed by atoms with Crippen LogP contribution in [0.15, 0.2) is 9.98 Å². The van der Waals surface area contributed by atoms with E-state index in [4.69, 9.17) is 5.11 Å². The number of halogens is 1. The van der Waals surface area contributed by atoms with Crippen LogP contribution in [-0.2, 0) is 4.79 Å². The number of amides is 2. The molecule has 1 heterocycles. The van der Waals surface area contributed by atoms with Gasteiger partial charge in [-0.25, -0.2) is 14.6 Å². The summed E-state index contributed by atoms with van der Waals surface area (Å²) in [4.78, 5) is 26.0. The van der Waals surface area contributed by atoms with Gasteiger partial charge in [0.1, 0.15) is 5.54 Å². The normalized spacial score (nSPS) is 10.9. The van der Waals surface area contributed by atoms with E-state index < -0.39 is 17.5 Å². The average molecular weight is 308 g/mol. The Bertz CT molecular complexity index is 418. The van der Waals surface area contributed by atoms with Crippen molar-refractivity contribution in [2.24, 2.45) is 0 Å². The van der Waals surface area contributed by atoms with Crippen molar-refractivity contribution >= 4 is 44.4 Å². The summed E-state index contributed by atoms with van der Waals surface area (Å²) in [7, 11) is 0. The Morgan fingerprint density at radius 3 is 2.62 bits per heavy atom. The van der Waals surface area contributed by atoms with E-state index in [-0.39, 0.29) is 0 Å². The topological polar surface area (TPSA) is 91.3 Å². The van der Waals surface area contributed by atoms with Crippen LogP contribution >= 0.6 is 27.3 Å². The van der Waals surface area contributed by atoms with Crippen LogP contribution in [0.5, 0.6) is 0 Å². The maximum absolute atomic E-state index is 11.4. The fourth-order valence-electron chi connectivity index (χ4n) is 0.778. The molecule has 1 aromatic rings. The van der Waals surface area contributed by atoms with E-state index in [1.165, 1.54) is 25.2 Å². The smallest absolute Gasteiger partial charge is 0.328 e. The van der Waals surface area contributed by atoms with E-state index in [0.29, 0.717) is 5.13 Å². The molecule has 88 valence electrons. The number of thiazole rings is 1. The molecule has 0 saturated heterocycles. The van der Waals surface area contributed by atoms with Crippen LogP contribution in [0.25, 0.3) is 0 Å². The van der Waals surface area contributed by atoms with Crippen molar-refractivity contribution in [3.05, 3.63) is 9.98 Å². The molecule has 0 atom stereocenters. The molecule has 6 nitrogen and oxygen atoms in total. The molecule has 0 aliphatic heterocycles. The summed E-state index contributed by atoms with van der Waals surface area (Å²) >= 11 is 4.43. The van der Waals surface area contributed by atoms with Gasteiger partial charge in [-0.15, -0.1) is 0 Å². The fraction of sp³-hybridized carbons (Fsp3) is 0.375. The van der Waals surface area contributed by atoms with Gasteiger partial charge in [-0.1, -0.05) is 11.3 Å². The second-order valence-corrected chi connectivity index (χ2v) is 5.89. The monoisotopic (exact) mass is 307 g/mol. The first-order valence-electron chi connectivity index (χ1n) is 4.25. The van der Waals surface area contributed by atoms with E-state index in [1.54, 1.807) is 6.20 Å². The third-order valence-electron chi connectivity index (χ3n) is 1.66. The number of aliphatic carboxylic acids is 1. The first-order chi connectivity index (χ1) is 7.31. The zero-order valence-corrected chi connectivity index (χ0v) is 11.0. The average Bonchev–Trinajstić information content (AvgIpc) is 2.49. The fourth-order valence-corrected chi connectivity index (χ4v) is 1.88. The predicted octanol–water partition coefficient (Wildman–Crippen LogP) is 1.89. The molecular formula is C8H10BrN3O3S. The molecule has 16 heavy (non-hydrogen) atoms. The Morgan fingerprint density at radius 1 is 1.56 bits per heavy atom. The van der Waals surface area contributed by atoms with Gasteiger partial charge < -0.3 is 10.4 Å². The standard InChI is InChI=1S/C8H10BrN3O3S/c1-8(2,5(13)14)12-6(15)11-7-10-3-4(9)16-7/h3H,1-2H3,(H,13,14)(H2,10,11,12,15). The van der Waals surface area contributed by atoms with Gasteiger partial charge in [-0.05, 0) is 29.8 Å². The molecule has 1 aromatic heterocycles. The third-order valence-corrected chi connectivity index (χ3v) is 3.05. The highest BCUT2D eigenvalue weighted by molar-refractivity contribution is 9.11. The van der Waals surface area contributed by atoms with E-state index in [9.17, 15) is 9.59 Å². The van der Waals surface area contributed by atoms with Crippen LogP contribution in [0, 0.1) is 0 Å². The number of carboxylic acids is 1. The number of nitrogens with zero attached hydrogens (tertiary/aromatic N) is 1. The van der Waals surface area contributed by atoms with Gasteiger partial charge in [0.25, 0.3) is 0 Å². The van der Waals surface area contributed by atoms with Gasteiger partial charge in [0.15, 0.2) is 5.13 Å². The molecule has 3 N–H and O–H groups in total. The van der Waals surface area contributed by atoms with Crippen molar-refractivity contribution in [3.63, 3.8) is 0 Å². The van der Waals surface area contributed by atoms with Gasteiger partial charge >= 0.3 is 12.0 Å². The molecule has 0 radical (unpaired) electrons. The molecule has 8 heteroatoms. The highest BCUT2D eigenvalue weighted by Crippen LogP contribution is 2.22. The molecule has 0 unspecified atom stereocenters. The number of urea groups is 1. The minimum atomic E-state index is -1.32. The van der Waals surface area contributed by atoms with Crippen LogP contribution in [0.1, 0.15) is 13.8 Å². The summed E-state index contributed by atoms with van der Waals surface area (Å²) in [5.41, 5.74) is -1.32. The van der Waals surface area contributed by atoms with Crippen molar-refractivity contribution < 1.29 is 14.7 Å². The lowest BCUT2D eigenvalue weighted by molar-refractivity contribution is -0.142. The minimum absolute atomic E-state index is 0.394. The molecular weight excluding hydrogens is 298 g/mol. The van der Waals surface area contributed by atoms with Gasteiger partial charge in [-0.2, -0.15) is 0 Å². The maximum Gasteiger partial charge on any atom is 0.328 e. The number of anilines is 1. The van der Waals surface area contributed by atoms with Crippen LogP contribution < -0.4 is 10.6 Å². The first kappa shape index (κ1) is 12.9. The van der Waals surface area contributed by atoms with Gasteiger partial charge in [-0.3, -0.25) is 5.32 Å². The number of nitrogens with one attached hydrogen (secondary N) is 2. The number of carbonyl (C=O) groups excluding carboxylic acids is 1. The van der Waals surface area contributed by atoms with E-state index >= 15 is 0 Å². The lowest BCUT2D eigenvalue weighted by atomic mass is 10.1. The number of carboxylic acid groups (broad SMARTS) is 1. The second-order valence-electron chi connectivity index (χ2n) is 3.48. The Hall–Kier alpha value is -1.15. The van der Waals surface area contributed by atoms with Crippen molar-refractivity contribution in [1.82, 2.24) is 10.3 Å². The maximum atomic E-state index is 11.4. The zero-order chi connectivity index (χ0) is 12.3. The van der Waals surface area contributed by atoms with E-state index in [1.807, 2.05) is 0 Å². The number of hydrogen-bond donors (Lipinski definition) is 3. The highest BCUT2D eigenvalue weighted by Gasteiger charge is 2.29. The van der Waals surface area contributed by atoms with Crippen LogP contribution in [0.3, 0.4) is 0 Å². The summed E-state index contributed by atoms with van der Waals surface area (Å²) in [6.07, 6.45) is 1.54. The Kier molecular flexibility index (Phi) is 3.87. The second kappa shape index (κ2) is 4.79. The lowest BCUT2D eigenvalue weighted by Crippen LogP contribution is -2.51. The Morgan fingerprint density at radius 2 is 2.19 bits per heavy atom. The summed E-state index contributed by atoms with van der Waals surface area (Å²) in [5, 5.41) is 13.9. The van der Waals surface area contributed by atoms with Crippen LogP contribution in [0.4, 0.5) is 9.93 Å². The SMILES string of the molecule is CC(C)(NC(=O)Nc1ncc(Br)s1)C(=O)O. The summed E-state index contributed by atoms with van der Waals surface area (Å²) in [6, 6.07) is -0.603. The number of carbonyl (C=O) groups is 2. The molecule has 0 aromatic carbocycles. The third kappa shape index (κ3) is 3.46. The molecule has 1 rings (SSSR count). The van der Waals surface area contributed by atoms with Gasteiger partial charge in [0, 0.05) is 0 Å². The van der Waals surface area contributed by atoms with Crippen molar-refractivity contribution in [1.29, 1.82) is 0 Å². The van der Waals surface area contributed by atoms with Crippen molar-refractivity contribution in [2.45, 2.75) is 19.4 Å². The van der Waals surface area contributed by atoms with Gasteiger partial charge in [0.2, 0.25) is 0 Å². The molecule has 0 saturated carbocycles. The van der Waals surface area contributed by atoms with E-state index in [0.717, 1.165) is 3.79 Å². The van der Waals surface area contributed by atoms with E-state index in [2.05, 4.69) is 31.5 Å². The summed E-state index contributed by atoms with van der Waals surface area (Å²) in [5.74, 6) is -1.11. The van der Waals surface area contributed by atoms with Crippen LogP contribution in [0.2, 0.25) is 0 Å². The minimum Gasteiger partial charge on any atom is -0.480 e. The number of aromatic nitrogens is 1.